The van der Waals surface area contributed by atoms with Crippen molar-refractivity contribution in [1.29, 1.82) is 0 Å². The fraction of sp³-hybridized carbons (Fsp3) is 0.714. The number of ether oxygens (including phenoxy) is 2. The van der Waals surface area contributed by atoms with E-state index in [1.54, 1.807) is 0 Å². The number of hydrogen-bond acceptors (Lipinski definition) is 5. The molecule has 21 heavy (non-hydrogen) atoms. The molecule has 0 amide bonds. The summed E-state index contributed by atoms with van der Waals surface area (Å²) in [6.07, 6.45) is 5.52. The van der Waals surface area contributed by atoms with Crippen molar-refractivity contribution in [2.75, 3.05) is 26.8 Å². The summed E-state index contributed by atoms with van der Waals surface area (Å²) in [5.74, 6) is 0.503. The molecule has 0 aliphatic carbocycles. The van der Waals surface area contributed by atoms with Crippen LogP contribution in [0.5, 0.6) is 0 Å². The van der Waals surface area contributed by atoms with Gasteiger partial charge in [0.05, 0.1) is 7.11 Å². The first-order valence-corrected chi connectivity index (χ1v) is 7.97. The summed E-state index contributed by atoms with van der Waals surface area (Å²) >= 11 is 3.41. The molecule has 1 N–H and O–H groups in total. The number of hydrogen-bond donors (Lipinski definition) is 1. The van der Waals surface area contributed by atoms with Crippen molar-refractivity contribution in [3.05, 3.63) is 16.6 Å². The molecule has 0 spiro atoms. The number of rotatable bonds is 4. The maximum absolute atomic E-state index is 11.5. The van der Waals surface area contributed by atoms with Gasteiger partial charge in [-0.3, -0.25) is 0 Å². The smallest absolute Gasteiger partial charge is 0.331 e. The Balaban J connectivity index is 2.27. The summed E-state index contributed by atoms with van der Waals surface area (Å²) in [7, 11) is 3.32. The molecule has 2 heterocycles. The summed E-state index contributed by atoms with van der Waals surface area (Å²) in [6, 6.07) is 0. The van der Waals surface area contributed by atoms with Gasteiger partial charge < -0.3 is 19.4 Å². The summed E-state index contributed by atoms with van der Waals surface area (Å²) in [5, 5.41) is 3.39. The van der Waals surface area contributed by atoms with Crippen LogP contribution in [0.25, 0.3) is 0 Å². The van der Waals surface area contributed by atoms with E-state index in [-0.39, 0.29) is 12.6 Å². The maximum Gasteiger partial charge on any atom is 0.331 e. The molecule has 1 fully saturated rings. The molecular weight excluding hydrogens is 338 g/mol. The minimum atomic E-state index is -0.531. The predicted octanol–water partition coefficient (Wildman–Crippen LogP) is 1.73. The van der Waals surface area contributed by atoms with Gasteiger partial charge in [0.15, 0.2) is 0 Å². The van der Waals surface area contributed by atoms with Gasteiger partial charge in [0.25, 0.3) is 0 Å². The number of aryl methyl sites for hydroxylation is 1. The zero-order valence-corrected chi connectivity index (χ0v) is 14.1. The highest BCUT2D eigenvalue weighted by atomic mass is 79.9. The number of methoxy groups -OCH3 is 1. The topological polar surface area (TPSA) is 65.4 Å². The van der Waals surface area contributed by atoms with Crippen LogP contribution in [-0.2, 0) is 26.9 Å². The number of esters is 1. The zero-order chi connectivity index (χ0) is 15.3. The van der Waals surface area contributed by atoms with Crippen molar-refractivity contribution in [2.24, 2.45) is 7.05 Å². The van der Waals surface area contributed by atoms with Gasteiger partial charge in [-0.15, -0.1) is 0 Å². The first kappa shape index (κ1) is 16.5. The molecular formula is C14H22BrN3O3. The molecule has 1 aromatic rings. The first-order valence-electron chi connectivity index (χ1n) is 7.18. The van der Waals surface area contributed by atoms with Gasteiger partial charge in [-0.2, -0.15) is 0 Å². The molecule has 1 aromatic heterocycles. The van der Waals surface area contributed by atoms with E-state index in [0.29, 0.717) is 0 Å². The number of halogens is 1. The predicted molar refractivity (Wildman–Crippen MR) is 81.9 cm³/mol. The molecule has 1 aliphatic rings. The number of carbonyl (C=O) groups excluding carboxylic acids is 1. The van der Waals surface area contributed by atoms with Gasteiger partial charge in [-0.05, 0) is 54.7 Å². The molecule has 0 aromatic carbocycles. The van der Waals surface area contributed by atoms with Crippen LogP contribution in [0.3, 0.4) is 0 Å². The number of nitrogens with zero attached hydrogens (tertiary/aromatic N) is 2. The van der Waals surface area contributed by atoms with Crippen molar-refractivity contribution in [1.82, 2.24) is 14.9 Å². The van der Waals surface area contributed by atoms with Gasteiger partial charge in [-0.1, -0.05) is 0 Å². The Kier molecular flexibility index (Phi) is 5.78. The SMILES string of the molecule is COC(=O)COC1(c2nc(Br)cn2C)CCCNCCC1. The Hall–Kier alpha value is -0.920. The monoisotopic (exact) mass is 359 g/mol. The number of imidazole rings is 1. The molecule has 0 saturated carbocycles. The lowest BCUT2D eigenvalue weighted by Crippen LogP contribution is -2.38. The van der Waals surface area contributed by atoms with Crippen LogP contribution >= 0.6 is 15.9 Å². The van der Waals surface area contributed by atoms with E-state index in [9.17, 15) is 4.79 Å². The van der Waals surface area contributed by atoms with Gasteiger partial charge in [-0.25, -0.2) is 9.78 Å². The average molecular weight is 360 g/mol. The Morgan fingerprint density at radius 1 is 1.48 bits per heavy atom. The normalized spacial score (nSPS) is 18.8. The summed E-state index contributed by atoms with van der Waals surface area (Å²) < 4.78 is 13.5. The van der Waals surface area contributed by atoms with Crippen LogP contribution in [0.1, 0.15) is 31.5 Å². The Bertz CT molecular complexity index is 482. The highest BCUT2D eigenvalue weighted by Crippen LogP contribution is 2.36. The Morgan fingerprint density at radius 3 is 2.67 bits per heavy atom. The highest BCUT2D eigenvalue weighted by Gasteiger charge is 2.38. The number of aromatic nitrogens is 2. The third-order valence-electron chi connectivity index (χ3n) is 3.82. The van der Waals surface area contributed by atoms with Crippen molar-refractivity contribution in [2.45, 2.75) is 31.3 Å². The zero-order valence-electron chi connectivity index (χ0n) is 12.5. The molecule has 2 rings (SSSR count). The van der Waals surface area contributed by atoms with E-state index in [4.69, 9.17) is 9.47 Å². The second kappa shape index (κ2) is 7.38. The van der Waals surface area contributed by atoms with Crippen LogP contribution in [0.15, 0.2) is 10.8 Å². The lowest BCUT2D eigenvalue weighted by Gasteiger charge is -2.34. The lowest BCUT2D eigenvalue weighted by atomic mass is 9.89. The highest BCUT2D eigenvalue weighted by molar-refractivity contribution is 9.10. The van der Waals surface area contributed by atoms with Crippen LogP contribution < -0.4 is 5.32 Å². The van der Waals surface area contributed by atoms with Crippen LogP contribution in [-0.4, -0.2) is 42.3 Å². The molecule has 1 saturated heterocycles. The van der Waals surface area contributed by atoms with Gasteiger partial charge in [0.1, 0.15) is 22.6 Å². The summed E-state index contributed by atoms with van der Waals surface area (Å²) in [6.45, 7) is 1.86. The van der Waals surface area contributed by atoms with Gasteiger partial charge in [0.2, 0.25) is 0 Å². The first-order chi connectivity index (χ1) is 10.1. The van der Waals surface area contributed by atoms with E-state index in [1.807, 2.05) is 17.8 Å². The van der Waals surface area contributed by atoms with Gasteiger partial charge in [0, 0.05) is 13.2 Å². The second-order valence-electron chi connectivity index (χ2n) is 5.31. The largest absolute Gasteiger partial charge is 0.467 e. The fourth-order valence-corrected chi connectivity index (χ4v) is 3.26. The molecule has 0 atom stereocenters. The maximum atomic E-state index is 11.5. The summed E-state index contributed by atoms with van der Waals surface area (Å²) in [4.78, 5) is 16.0. The second-order valence-corrected chi connectivity index (χ2v) is 6.13. The minimum absolute atomic E-state index is 0.0472. The molecule has 118 valence electrons. The van der Waals surface area contributed by atoms with Crippen LogP contribution in [0.4, 0.5) is 0 Å². The Morgan fingerprint density at radius 2 is 2.14 bits per heavy atom. The van der Waals surface area contributed by atoms with Gasteiger partial charge >= 0.3 is 5.97 Å². The molecule has 0 bridgehead atoms. The van der Waals surface area contributed by atoms with E-state index in [1.165, 1.54) is 7.11 Å². The van der Waals surface area contributed by atoms with E-state index in [2.05, 4.69) is 26.2 Å². The van der Waals surface area contributed by atoms with E-state index in [0.717, 1.165) is 49.2 Å². The van der Waals surface area contributed by atoms with Crippen molar-refractivity contribution >= 4 is 21.9 Å². The summed E-state index contributed by atoms with van der Waals surface area (Å²) in [5.41, 5.74) is -0.531. The third kappa shape index (κ3) is 4.05. The van der Waals surface area contributed by atoms with E-state index < -0.39 is 5.60 Å². The van der Waals surface area contributed by atoms with Crippen LogP contribution in [0, 0.1) is 0 Å². The molecule has 7 heteroatoms. The number of carbonyl (C=O) groups is 1. The Labute approximate surface area is 133 Å². The van der Waals surface area contributed by atoms with Crippen molar-refractivity contribution in [3.63, 3.8) is 0 Å². The molecule has 0 radical (unpaired) electrons. The fourth-order valence-electron chi connectivity index (χ4n) is 2.79. The molecule has 1 aliphatic heterocycles. The minimum Gasteiger partial charge on any atom is -0.467 e. The lowest BCUT2D eigenvalue weighted by molar-refractivity contribution is -0.157. The van der Waals surface area contributed by atoms with E-state index >= 15 is 0 Å². The average Bonchev–Trinajstić information content (AvgIpc) is 2.77. The molecule has 0 unspecified atom stereocenters. The number of nitrogens with one attached hydrogen (secondary N) is 1. The van der Waals surface area contributed by atoms with Crippen LogP contribution in [0.2, 0.25) is 0 Å². The third-order valence-corrected chi connectivity index (χ3v) is 4.20. The van der Waals surface area contributed by atoms with Crippen molar-refractivity contribution in [3.8, 4) is 0 Å². The van der Waals surface area contributed by atoms with Crippen molar-refractivity contribution < 1.29 is 14.3 Å². The molecule has 6 nitrogen and oxygen atoms in total. The quantitative estimate of drug-likeness (QED) is 0.829. The standard InChI is InChI=1S/C14H22BrN3O3/c1-18-9-11(15)17-13(18)14(21-10-12(19)20-2)5-3-7-16-8-4-6-14/h9,16H,3-8,10H2,1-2H3.